The summed E-state index contributed by atoms with van der Waals surface area (Å²) in [7, 11) is 1.59. The number of benzene rings is 1. The summed E-state index contributed by atoms with van der Waals surface area (Å²) in [6.45, 7) is 3.35. The molecule has 1 atom stereocenters. The first-order valence-corrected chi connectivity index (χ1v) is 7.93. The second-order valence-corrected chi connectivity index (χ2v) is 6.29. The molecule has 0 unspecified atom stereocenters. The first kappa shape index (κ1) is 17.0. The summed E-state index contributed by atoms with van der Waals surface area (Å²) in [6.07, 6.45) is 1.83. The van der Waals surface area contributed by atoms with Crippen LogP contribution in [0.5, 0.6) is 5.75 Å². The molecule has 0 bridgehead atoms. The topological polar surface area (TPSA) is 80.3 Å². The van der Waals surface area contributed by atoms with E-state index in [0.717, 1.165) is 16.2 Å². The minimum Gasteiger partial charge on any atom is -0.497 e. The fraction of sp³-hybridized carbons (Fsp3) is 0.312. The number of hydrogen-bond acceptors (Lipinski definition) is 5. The number of amides is 2. The van der Waals surface area contributed by atoms with Gasteiger partial charge in [0, 0.05) is 18.0 Å². The number of ether oxygens (including phenoxy) is 1. The molecule has 1 heterocycles. The number of nitrogens with one attached hydrogen (secondary N) is 2. The number of rotatable bonds is 6. The minimum atomic E-state index is -0.403. The van der Waals surface area contributed by atoms with Crippen LogP contribution < -0.4 is 15.4 Å². The molecule has 7 heteroatoms. The predicted octanol–water partition coefficient (Wildman–Crippen LogP) is 2.67. The normalized spacial score (nSPS) is 11.6. The van der Waals surface area contributed by atoms with Gasteiger partial charge in [0.15, 0.2) is 5.13 Å². The van der Waals surface area contributed by atoms with Gasteiger partial charge in [-0.1, -0.05) is 12.1 Å². The molecule has 0 saturated carbocycles. The summed E-state index contributed by atoms with van der Waals surface area (Å²) >= 11 is 1.41. The number of aromatic nitrogens is 1. The number of anilines is 1. The van der Waals surface area contributed by atoms with E-state index >= 15 is 0 Å². The molecule has 0 spiro atoms. The molecule has 2 amide bonds. The third-order valence-corrected chi connectivity index (χ3v) is 3.98. The van der Waals surface area contributed by atoms with Crippen LogP contribution in [0.15, 0.2) is 30.5 Å². The number of methoxy groups -OCH3 is 1. The molecule has 2 aromatic rings. The highest BCUT2D eigenvalue weighted by atomic mass is 32.1. The van der Waals surface area contributed by atoms with Gasteiger partial charge in [-0.15, -0.1) is 11.3 Å². The number of aryl methyl sites for hydroxylation is 1. The standard InChI is InChI=1S/C16H19N3O3S/c1-10-9-17-16(23-10)19-15(21)8-14(18-11(2)20)12-4-6-13(22-3)7-5-12/h4-7,9,14H,8H2,1-3H3,(H,18,20)(H,17,19,21)/t14-/m1/s1. The molecule has 0 fully saturated rings. The SMILES string of the molecule is COc1ccc([C@@H](CC(=O)Nc2ncc(C)s2)NC(C)=O)cc1. The quantitative estimate of drug-likeness (QED) is 0.852. The second-order valence-electron chi connectivity index (χ2n) is 5.05. The van der Waals surface area contributed by atoms with Crippen molar-refractivity contribution < 1.29 is 14.3 Å². The van der Waals surface area contributed by atoms with E-state index in [-0.39, 0.29) is 18.2 Å². The van der Waals surface area contributed by atoms with E-state index in [9.17, 15) is 9.59 Å². The van der Waals surface area contributed by atoms with Gasteiger partial charge in [0.05, 0.1) is 19.6 Å². The van der Waals surface area contributed by atoms with E-state index in [0.29, 0.717) is 5.13 Å². The van der Waals surface area contributed by atoms with Gasteiger partial charge in [0.2, 0.25) is 11.8 Å². The van der Waals surface area contributed by atoms with Crippen molar-refractivity contribution in [3.63, 3.8) is 0 Å². The molecule has 23 heavy (non-hydrogen) atoms. The lowest BCUT2D eigenvalue weighted by molar-refractivity contribution is -0.120. The number of nitrogens with zero attached hydrogens (tertiary/aromatic N) is 1. The van der Waals surface area contributed by atoms with Crippen molar-refractivity contribution in [2.45, 2.75) is 26.3 Å². The molecule has 0 saturated heterocycles. The van der Waals surface area contributed by atoms with E-state index in [1.54, 1.807) is 25.4 Å². The molecule has 0 aliphatic carbocycles. The van der Waals surface area contributed by atoms with E-state index in [1.807, 2.05) is 19.1 Å². The number of carbonyl (C=O) groups is 2. The van der Waals surface area contributed by atoms with Crippen molar-refractivity contribution in [3.8, 4) is 5.75 Å². The third kappa shape index (κ3) is 5.07. The Balaban J connectivity index is 2.07. The van der Waals surface area contributed by atoms with Crippen LogP contribution in [0.2, 0.25) is 0 Å². The average molecular weight is 333 g/mol. The Labute approximate surface area is 138 Å². The maximum Gasteiger partial charge on any atom is 0.228 e. The van der Waals surface area contributed by atoms with Crippen molar-refractivity contribution in [1.29, 1.82) is 0 Å². The summed E-state index contributed by atoms with van der Waals surface area (Å²) in [6, 6.07) is 6.86. The van der Waals surface area contributed by atoms with E-state index in [2.05, 4.69) is 15.6 Å². The Bertz CT molecular complexity index is 682. The highest BCUT2D eigenvalue weighted by Gasteiger charge is 2.18. The monoisotopic (exact) mass is 333 g/mol. The van der Waals surface area contributed by atoms with Gasteiger partial charge < -0.3 is 15.4 Å². The molecule has 0 aliphatic rings. The highest BCUT2D eigenvalue weighted by molar-refractivity contribution is 7.15. The number of carbonyl (C=O) groups excluding carboxylic acids is 2. The minimum absolute atomic E-state index is 0.130. The van der Waals surface area contributed by atoms with Gasteiger partial charge >= 0.3 is 0 Å². The molecule has 122 valence electrons. The highest BCUT2D eigenvalue weighted by Crippen LogP contribution is 2.22. The second kappa shape index (κ2) is 7.73. The summed E-state index contributed by atoms with van der Waals surface area (Å²) in [4.78, 5) is 28.7. The smallest absolute Gasteiger partial charge is 0.228 e. The fourth-order valence-electron chi connectivity index (χ4n) is 2.10. The molecular weight excluding hydrogens is 314 g/mol. The van der Waals surface area contributed by atoms with E-state index < -0.39 is 6.04 Å². The van der Waals surface area contributed by atoms with Crippen LogP contribution in [0.4, 0.5) is 5.13 Å². The number of hydrogen-bond donors (Lipinski definition) is 2. The maximum atomic E-state index is 12.2. The summed E-state index contributed by atoms with van der Waals surface area (Å²) < 4.78 is 5.12. The van der Waals surface area contributed by atoms with Crippen LogP contribution in [-0.2, 0) is 9.59 Å². The Morgan fingerprint density at radius 3 is 2.52 bits per heavy atom. The lowest BCUT2D eigenvalue weighted by atomic mass is 10.0. The van der Waals surface area contributed by atoms with Crippen LogP contribution in [0.1, 0.15) is 29.8 Å². The van der Waals surface area contributed by atoms with Gasteiger partial charge in [-0.3, -0.25) is 9.59 Å². The van der Waals surface area contributed by atoms with Crippen LogP contribution in [0.3, 0.4) is 0 Å². The molecular formula is C16H19N3O3S. The largest absolute Gasteiger partial charge is 0.497 e. The van der Waals surface area contributed by atoms with Crippen molar-refractivity contribution in [1.82, 2.24) is 10.3 Å². The summed E-state index contributed by atoms with van der Waals surface area (Å²) in [5, 5.41) is 6.11. The Morgan fingerprint density at radius 2 is 2.00 bits per heavy atom. The van der Waals surface area contributed by atoms with Crippen LogP contribution in [-0.4, -0.2) is 23.9 Å². The van der Waals surface area contributed by atoms with Crippen LogP contribution in [0.25, 0.3) is 0 Å². The van der Waals surface area contributed by atoms with Crippen LogP contribution in [0, 0.1) is 6.92 Å². The van der Waals surface area contributed by atoms with Crippen molar-refractivity contribution in [2.24, 2.45) is 0 Å². The molecule has 0 radical (unpaired) electrons. The number of thiazole rings is 1. The molecule has 2 rings (SSSR count). The molecule has 2 N–H and O–H groups in total. The molecule has 1 aromatic carbocycles. The lowest BCUT2D eigenvalue weighted by Crippen LogP contribution is -2.29. The van der Waals surface area contributed by atoms with Crippen molar-refractivity contribution >= 4 is 28.3 Å². The Kier molecular flexibility index (Phi) is 5.70. The summed E-state index contributed by atoms with van der Waals surface area (Å²) in [5.74, 6) is 0.329. The van der Waals surface area contributed by atoms with Gasteiger partial charge in [-0.2, -0.15) is 0 Å². The van der Waals surface area contributed by atoms with E-state index in [1.165, 1.54) is 18.3 Å². The Hall–Kier alpha value is -2.41. The lowest BCUT2D eigenvalue weighted by Gasteiger charge is -2.18. The molecule has 1 aromatic heterocycles. The van der Waals surface area contributed by atoms with Crippen LogP contribution >= 0.6 is 11.3 Å². The third-order valence-electron chi connectivity index (χ3n) is 3.15. The van der Waals surface area contributed by atoms with E-state index in [4.69, 9.17) is 4.74 Å². The zero-order valence-electron chi connectivity index (χ0n) is 13.3. The van der Waals surface area contributed by atoms with Crippen molar-refractivity contribution in [3.05, 3.63) is 40.9 Å². The zero-order valence-corrected chi connectivity index (χ0v) is 14.1. The first-order chi connectivity index (χ1) is 11.0. The van der Waals surface area contributed by atoms with Gasteiger partial charge in [0.25, 0.3) is 0 Å². The summed E-state index contributed by atoms with van der Waals surface area (Å²) in [5.41, 5.74) is 0.839. The zero-order chi connectivity index (χ0) is 16.8. The Morgan fingerprint density at radius 1 is 1.30 bits per heavy atom. The average Bonchev–Trinajstić information content (AvgIpc) is 2.91. The van der Waals surface area contributed by atoms with Crippen molar-refractivity contribution in [2.75, 3.05) is 12.4 Å². The van der Waals surface area contributed by atoms with Gasteiger partial charge in [0.1, 0.15) is 5.75 Å². The molecule has 6 nitrogen and oxygen atoms in total. The van der Waals surface area contributed by atoms with Gasteiger partial charge in [-0.05, 0) is 24.6 Å². The predicted molar refractivity (Wildman–Crippen MR) is 89.6 cm³/mol. The maximum absolute atomic E-state index is 12.2. The fourth-order valence-corrected chi connectivity index (χ4v) is 2.78. The molecule has 0 aliphatic heterocycles. The van der Waals surface area contributed by atoms with Gasteiger partial charge in [-0.25, -0.2) is 4.98 Å². The first-order valence-electron chi connectivity index (χ1n) is 7.11.